The van der Waals surface area contributed by atoms with Crippen LogP contribution in [0, 0.1) is 5.95 Å². The van der Waals surface area contributed by atoms with Crippen molar-refractivity contribution in [2.24, 2.45) is 5.73 Å². The van der Waals surface area contributed by atoms with Crippen LogP contribution in [0.5, 0.6) is 0 Å². The Labute approximate surface area is 101 Å². The Morgan fingerprint density at radius 1 is 1.69 bits per heavy atom. The second-order valence-electron chi connectivity index (χ2n) is 3.83. The van der Waals surface area contributed by atoms with Gasteiger partial charge in [-0.15, -0.1) is 0 Å². The minimum atomic E-state index is -1.55. The maximum atomic E-state index is 13.4. The zero-order chi connectivity index (χ0) is 12.3. The van der Waals surface area contributed by atoms with Gasteiger partial charge in [0.15, 0.2) is 0 Å². The zero-order valence-corrected chi connectivity index (χ0v) is 10.3. The van der Waals surface area contributed by atoms with E-state index < -0.39 is 24.3 Å². The number of aromatic nitrogens is 1. The summed E-state index contributed by atoms with van der Waals surface area (Å²) < 4.78 is 26.9. The minimum Gasteiger partial charge on any atom is -0.393 e. The Morgan fingerprint density at radius 3 is 2.81 bits per heavy atom. The van der Waals surface area contributed by atoms with Gasteiger partial charge in [0, 0.05) is 16.2 Å². The van der Waals surface area contributed by atoms with Crippen molar-refractivity contribution in [2.75, 3.05) is 6.67 Å². The van der Waals surface area contributed by atoms with Crippen LogP contribution in [-0.4, -0.2) is 22.9 Å². The molecule has 1 aromatic rings. The molecule has 0 radical (unpaired) electrons. The monoisotopic (exact) mass is 294 g/mol. The number of nitrogens with zero attached hydrogens (tertiary/aromatic N) is 1. The molecule has 0 saturated heterocycles. The van der Waals surface area contributed by atoms with E-state index in [1.54, 1.807) is 0 Å². The van der Waals surface area contributed by atoms with Gasteiger partial charge in [-0.2, -0.15) is 4.39 Å². The Balaban J connectivity index is 3.16. The molecule has 0 aliphatic carbocycles. The minimum absolute atomic E-state index is 0.0368. The molecule has 3 N–H and O–H groups in total. The van der Waals surface area contributed by atoms with Crippen LogP contribution in [0.4, 0.5) is 8.78 Å². The van der Waals surface area contributed by atoms with Gasteiger partial charge in [0.25, 0.3) is 0 Å². The maximum absolute atomic E-state index is 13.4. The molecule has 0 aromatic carbocycles. The highest BCUT2D eigenvalue weighted by atomic mass is 79.9. The van der Waals surface area contributed by atoms with Gasteiger partial charge in [-0.1, -0.05) is 0 Å². The average Bonchev–Trinajstić information content (AvgIpc) is 2.20. The number of hydrogen-bond acceptors (Lipinski definition) is 3. The molecular formula is C10H13BrF2N2O. The Bertz CT molecular complexity index is 376. The molecule has 6 heteroatoms. The van der Waals surface area contributed by atoms with Crippen molar-refractivity contribution >= 4 is 15.9 Å². The molecule has 90 valence electrons. The van der Waals surface area contributed by atoms with E-state index in [1.165, 1.54) is 19.2 Å². The lowest BCUT2D eigenvalue weighted by Crippen LogP contribution is -2.42. The van der Waals surface area contributed by atoms with Crippen LogP contribution in [0.3, 0.4) is 0 Å². The molecule has 0 aliphatic rings. The molecule has 0 saturated carbocycles. The molecule has 16 heavy (non-hydrogen) atoms. The largest absolute Gasteiger partial charge is 0.393 e. The number of hydrogen-bond donors (Lipinski definition) is 2. The van der Waals surface area contributed by atoms with Gasteiger partial charge in [0.1, 0.15) is 6.67 Å². The first-order valence-electron chi connectivity index (χ1n) is 4.73. The molecule has 1 aromatic heterocycles. The lowest BCUT2D eigenvalue weighted by molar-refractivity contribution is 0.132. The maximum Gasteiger partial charge on any atom is 0.218 e. The van der Waals surface area contributed by atoms with E-state index in [1.807, 2.05) is 0 Å². The summed E-state index contributed by atoms with van der Waals surface area (Å²) in [6, 6.07) is 1.38. The highest BCUT2D eigenvalue weighted by Crippen LogP contribution is 2.28. The predicted molar refractivity (Wildman–Crippen MR) is 60.0 cm³/mol. The second kappa shape index (κ2) is 5.16. The number of alkyl halides is 1. The zero-order valence-electron chi connectivity index (χ0n) is 8.75. The molecule has 1 unspecified atom stereocenters. The number of pyridine rings is 1. The van der Waals surface area contributed by atoms with E-state index in [2.05, 4.69) is 20.9 Å². The van der Waals surface area contributed by atoms with Gasteiger partial charge in [-0.3, -0.25) is 0 Å². The fourth-order valence-corrected chi connectivity index (χ4v) is 1.87. The smallest absolute Gasteiger partial charge is 0.218 e. The second-order valence-corrected chi connectivity index (χ2v) is 4.75. The number of aliphatic hydroxyl groups excluding tert-OH is 1. The van der Waals surface area contributed by atoms with Crippen LogP contribution in [0.2, 0.25) is 0 Å². The Kier molecular flexibility index (Phi) is 4.35. The molecule has 0 spiro atoms. The first-order chi connectivity index (χ1) is 7.39. The summed E-state index contributed by atoms with van der Waals surface area (Å²) in [5, 5.41) is 9.24. The molecule has 0 amide bonds. The van der Waals surface area contributed by atoms with Crippen LogP contribution >= 0.6 is 15.9 Å². The Morgan fingerprint density at radius 2 is 2.31 bits per heavy atom. The van der Waals surface area contributed by atoms with E-state index in [-0.39, 0.29) is 12.0 Å². The summed E-state index contributed by atoms with van der Waals surface area (Å²) in [6.07, 6.45) is 0.373. The van der Waals surface area contributed by atoms with Crippen molar-refractivity contribution in [3.63, 3.8) is 0 Å². The van der Waals surface area contributed by atoms with Crippen LogP contribution < -0.4 is 5.73 Å². The number of rotatable bonds is 4. The SMILES string of the molecule is C[C@@H](O)CC(N)(CF)c1cc(Br)cnc1F. The van der Waals surface area contributed by atoms with E-state index in [0.717, 1.165) is 0 Å². The summed E-state index contributed by atoms with van der Waals surface area (Å²) in [5.74, 6) is -0.816. The van der Waals surface area contributed by atoms with Gasteiger partial charge >= 0.3 is 0 Å². The van der Waals surface area contributed by atoms with E-state index in [4.69, 9.17) is 5.73 Å². The first-order valence-corrected chi connectivity index (χ1v) is 5.53. The summed E-state index contributed by atoms with van der Waals surface area (Å²) in [6.45, 7) is 0.507. The average molecular weight is 295 g/mol. The molecule has 0 fully saturated rings. The molecule has 2 atom stereocenters. The number of aliphatic hydroxyl groups is 1. The molecular weight excluding hydrogens is 282 g/mol. The highest BCUT2D eigenvalue weighted by Gasteiger charge is 2.32. The van der Waals surface area contributed by atoms with E-state index in [9.17, 15) is 13.9 Å². The lowest BCUT2D eigenvalue weighted by atomic mass is 9.88. The summed E-state index contributed by atoms with van der Waals surface area (Å²) in [7, 11) is 0. The van der Waals surface area contributed by atoms with Crippen molar-refractivity contribution in [2.45, 2.75) is 25.0 Å². The van der Waals surface area contributed by atoms with Crippen molar-refractivity contribution in [1.82, 2.24) is 4.98 Å². The third-order valence-corrected chi connectivity index (χ3v) is 2.67. The molecule has 0 bridgehead atoms. The summed E-state index contributed by atoms with van der Waals surface area (Å²) >= 11 is 3.11. The van der Waals surface area contributed by atoms with Gasteiger partial charge in [-0.05, 0) is 35.3 Å². The van der Waals surface area contributed by atoms with Gasteiger partial charge in [0.2, 0.25) is 5.95 Å². The summed E-state index contributed by atoms with van der Waals surface area (Å²) in [4.78, 5) is 3.46. The predicted octanol–water partition coefficient (Wildman–Crippen LogP) is 1.88. The Hall–Kier alpha value is -0.590. The van der Waals surface area contributed by atoms with Crippen LogP contribution in [-0.2, 0) is 5.54 Å². The molecule has 1 heterocycles. The van der Waals surface area contributed by atoms with Crippen molar-refractivity contribution in [3.8, 4) is 0 Å². The lowest BCUT2D eigenvalue weighted by Gasteiger charge is -2.28. The standard InChI is InChI=1S/C10H13BrF2N2O/c1-6(16)3-10(14,5-12)8-2-7(11)4-15-9(8)13/h2,4,6,16H,3,5,14H2,1H3/t6-,10?/m1/s1. The highest BCUT2D eigenvalue weighted by molar-refractivity contribution is 9.10. The van der Waals surface area contributed by atoms with E-state index >= 15 is 0 Å². The van der Waals surface area contributed by atoms with Gasteiger partial charge < -0.3 is 10.8 Å². The third-order valence-electron chi connectivity index (χ3n) is 2.24. The fraction of sp³-hybridized carbons (Fsp3) is 0.500. The van der Waals surface area contributed by atoms with Crippen LogP contribution in [0.15, 0.2) is 16.7 Å². The van der Waals surface area contributed by atoms with Crippen molar-refractivity contribution in [3.05, 3.63) is 28.2 Å². The number of halogens is 3. The molecule has 1 rings (SSSR count). The molecule has 0 aliphatic heterocycles. The summed E-state index contributed by atoms with van der Waals surface area (Å²) in [5.41, 5.74) is 4.17. The van der Waals surface area contributed by atoms with Gasteiger partial charge in [-0.25, -0.2) is 9.37 Å². The first kappa shape index (κ1) is 13.5. The third kappa shape index (κ3) is 2.96. The van der Waals surface area contributed by atoms with Crippen LogP contribution in [0.1, 0.15) is 18.9 Å². The fourth-order valence-electron chi connectivity index (χ4n) is 1.54. The van der Waals surface area contributed by atoms with Crippen molar-refractivity contribution < 1.29 is 13.9 Å². The topological polar surface area (TPSA) is 59.1 Å². The quantitative estimate of drug-likeness (QED) is 0.834. The number of nitrogens with two attached hydrogens (primary N) is 1. The van der Waals surface area contributed by atoms with E-state index in [0.29, 0.717) is 4.47 Å². The molecule has 3 nitrogen and oxygen atoms in total. The van der Waals surface area contributed by atoms with Gasteiger partial charge in [0.05, 0.1) is 11.6 Å². The van der Waals surface area contributed by atoms with Crippen LogP contribution in [0.25, 0.3) is 0 Å². The van der Waals surface area contributed by atoms with Crippen molar-refractivity contribution in [1.29, 1.82) is 0 Å². The normalized spacial score (nSPS) is 16.9.